The summed E-state index contributed by atoms with van der Waals surface area (Å²) in [5, 5.41) is 24.0. The molecule has 2 aliphatic rings. The van der Waals surface area contributed by atoms with Crippen LogP contribution in [0.5, 0.6) is 0 Å². The second-order valence-electron chi connectivity index (χ2n) is 9.25. The monoisotopic (exact) mass is 445 g/mol. The highest BCUT2D eigenvalue weighted by molar-refractivity contribution is 5.87. The number of nitrogens with one attached hydrogen (secondary N) is 2. The van der Waals surface area contributed by atoms with Crippen molar-refractivity contribution in [2.45, 2.75) is 38.5 Å². The zero-order chi connectivity index (χ0) is 23.2. The molecular weight excluding hydrogens is 418 g/mol. The maximum Gasteiger partial charge on any atom is 0.254 e. The Morgan fingerprint density at radius 3 is 2.91 bits per heavy atom. The molecule has 1 saturated heterocycles. The molecule has 3 N–H and O–H groups in total. The zero-order valence-electron chi connectivity index (χ0n) is 18.8. The normalized spacial score (nSPS) is 18.7. The molecule has 0 unspecified atom stereocenters. The van der Waals surface area contributed by atoms with Crippen LogP contribution in [0, 0.1) is 11.3 Å². The van der Waals surface area contributed by atoms with Crippen molar-refractivity contribution >= 4 is 16.9 Å². The van der Waals surface area contributed by atoms with Gasteiger partial charge in [-0.15, -0.1) is 0 Å². The van der Waals surface area contributed by atoms with Gasteiger partial charge in [0, 0.05) is 43.0 Å². The van der Waals surface area contributed by atoms with E-state index in [1.807, 2.05) is 12.3 Å². The molecule has 0 saturated carbocycles. The number of aromatic amines is 1. The maximum absolute atomic E-state index is 12.8. The Bertz CT molecular complexity index is 1260. The Hall–Kier alpha value is -3.25. The summed E-state index contributed by atoms with van der Waals surface area (Å²) in [7, 11) is 0. The minimum absolute atomic E-state index is 0.0169. The first-order chi connectivity index (χ1) is 15.8. The van der Waals surface area contributed by atoms with Crippen LogP contribution in [0.2, 0.25) is 0 Å². The van der Waals surface area contributed by atoms with Crippen molar-refractivity contribution in [1.82, 2.24) is 20.2 Å². The third-order valence-electron chi connectivity index (χ3n) is 6.47. The fourth-order valence-corrected chi connectivity index (χ4v) is 4.75. The molecule has 1 atom stereocenters. The third kappa shape index (κ3) is 4.00. The van der Waals surface area contributed by atoms with Crippen LogP contribution >= 0.6 is 0 Å². The summed E-state index contributed by atoms with van der Waals surface area (Å²) < 4.78 is 5.74. The van der Waals surface area contributed by atoms with E-state index in [0.717, 1.165) is 34.2 Å². The summed E-state index contributed by atoms with van der Waals surface area (Å²) in [6.07, 6.45) is 4.20. The smallest absolute Gasteiger partial charge is 0.254 e. The van der Waals surface area contributed by atoms with Gasteiger partial charge >= 0.3 is 0 Å². The number of morpholine rings is 1. The number of nitriles is 1. The molecule has 2 aromatic heterocycles. The van der Waals surface area contributed by atoms with E-state index in [0.29, 0.717) is 43.9 Å². The van der Waals surface area contributed by atoms with E-state index >= 15 is 0 Å². The number of benzene rings is 1. The Morgan fingerprint density at radius 1 is 1.33 bits per heavy atom. The lowest BCUT2D eigenvalue weighted by Crippen LogP contribution is -2.47. The molecule has 8 heteroatoms. The molecule has 170 valence electrons. The van der Waals surface area contributed by atoms with Crippen LogP contribution in [0.3, 0.4) is 0 Å². The highest BCUT2D eigenvalue weighted by Crippen LogP contribution is 2.35. The number of H-pyrrole nitrogens is 1. The van der Waals surface area contributed by atoms with Gasteiger partial charge in [-0.25, -0.2) is 4.98 Å². The molecule has 1 fully saturated rings. The quantitative estimate of drug-likeness (QED) is 0.571. The first kappa shape index (κ1) is 21.6. The van der Waals surface area contributed by atoms with Crippen molar-refractivity contribution in [3.8, 4) is 17.2 Å². The van der Waals surface area contributed by atoms with Crippen LogP contribution in [0.25, 0.3) is 22.2 Å². The predicted molar refractivity (Wildman–Crippen MR) is 123 cm³/mol. The number of hydrogen-bond donors (Lipinski definition) is 3. The topological polar surface area (TPSA) is 114 Å². The molecule has 0 spiro atoms. The summed E-state index contributed by atoms with van der Waals surface area (Å²) in [5.74, 6) is -0.262. The number of aromatic nitrogens is 2. The van der Waals surface area contributed by atoms with Gasteiger partial charge in [0.15, 0.2) is 0 Å². The first-order valence-corrected chi connectivity index (χ1v) is 11.2. The number of pyridine rings is 1. The van der Waals surface area contributed by atoms with Gasteiger partial charge in [-0.05, 0) is 54.7 Å². The molecule has 0 aliphatic carbocycles. The van der Waals surface area contributed by atoms with Crippen molar-refractivity contribution < 1.29 is 14.6 Å². The third-order valence-corrected chi connectivity index (χ3v) is 6.47. The highest BCUT2D eigenvalue weighted by atomic mass is 16.5. The van der Waals surface area contributed by atoms with Gasteiger partial charge in [0.05, 0.1) is 24.8 Å². The second kappa shape index (κ2) is 8.27. The van der Waals surface area contributed by atoms with Crippen molar-refractivity contribution in [1.29, 1.82) is 5.26 Å². The number of amides is 1. The average Bonchev–Trinajstić information content (AvgIpc) is 3.25. The van der Waals surface area contributed by atoms with E-state index in [9.17, 15) is 15.2 Å². The van der Waals surface area contributed by atoms with E-state index in [1.54, 1.807) is 11.1 Å². The van der Waals surface area contributed by atoms with Crippen LogP contribution in [-0.2, 0) is 22.5 Å². The Balaban J connectivity index is 1.59. The molecule has 5 rings (SSSR count). The van der Waals surface area contributed by atoms with Crippen LogP contribution in [0.15, 0.2) is 30.6 Å². The van der Waals surface area contributed by atoms with Gasteiger partial charge in [0.2, 0.25) is 0 Å². The fourth-order valence-electron chi connectivity index (χ4n) is 4.75. The molecule has 4 heterocycles. The van der Waals surface area contributed by atoms with Crippen molar-refractivity contribution in [3.63, 3.8) is 0 Å². The van der Waals surface area contributed by atoms with E-state index in [-0.39, 0.29) is 11.9 Å². The van der Waals surface area contributed by atoms with Crippen molar-refractivity contribution in [2.75, 3.05) is 26.3 Å². The van der Waals surface area contributed by atoms with Gasteiger partial charge in [-0.1, -0.05) is 6.07 Å². The van der Waals surface area contributed by atoms with E-state index in [4.69, 9.17) is 4.74 Å². The predicted octanol–water partition coefficient (Wildman–Crippen LogP) is 2.42. The van der Waals surface area contributed by atoms with Gasteiger partial charge in [0.25, 0.3) is 5.91 Å². The molecule has 33 heavy (non-hydrogen) atoms. The van der Waals surface area contributed by atoms with Crippen LogP contribution in [0.1, 0.15) is 42.1 Å². The molecule has 0 radical (unpaired) electrons. The lowest BCUT2D eigenvalue weighted by atomic mass is 9.87. The Kier molecular flexibility index (Phi) is 5.41. The average molecular weight is 446 g/mol. The molecule has 3 aromatic rings. The lowest BCUT2D eigenvalue weighted by molar-refractivity contribution is -0.148. The highest BCUT2D eigenvalue weighted by Gasteiger charge is 2.33. The van der Waals surface area contributed by atoms with E-state index in [1.165, 1.54) is 19.4 Å². The first-order valence-electron chi connectivity index (χ1n) is 11.2. The van der Waals surface area contributed by atoms with Crippen LogP contribution in [-0.4, -0.2) is 57.8 Å². The summed E-state index contributed by atoms with van der Waals surface area (Å²) in [4.78, 5) is 22.1. The van der Waals surface area contributed by atoms with Gasteiger partial charge < -0.3 is 25.0 Å². The molecule has 8 nitrogen and oxygen atoms in total. The molecule has 1 aromatic carbocycles. The molecule has 2 aliphatic heterocycles. The number of carbonyl (C=O) groups excluding carboxylic acids is 1. The summed E-state index contributed by atoms with van der Waals surface area (Å²) in [6.45, 7) is 6.07. The fraction of sp³-hybridized carbons (Fsp3) is 0.400. The van der Waals surface area contributed by atoms with E-state index < -0.39 is 5.60 Å². The van der Waals surface area contributed by atoms with E-state index in [2.05, 4.69) is 33.5 Å². The van der Waals surface area contributed by atoms with Gasteiger partial charge in [0.1, 0.15) is 17.3 Å². The molecular formula is C25H27N5O3. The summed E-state index contributed by atoms with van der Waals surface area (Å²) >= 11 is 0. The Labute approximate surface area is 192 Å². The number of fused-ring (bicyclic) bond motifs is 2. The summed E-state index contributed by atoms with van der Waals surface area (Å²) in [6, 6.07) is 8.54. The van der Waals surface area contributed by atoms with Crippen molar-refractivity contribution in [3.05, 3.63) is 52.8 Å². The maximum atomic E-state index is 12.8. The Morgan fingerprint density at radius 2 is 2.18 bits per heavy atom. The lowest BCUT2D eigenvalue weighted by Gasteiger charge is -2.36. The van der Waals surface area contributed by atoms with Gasteiger partial charge in [-0.3, -0.25) is 4.79 Å². The van der Waals surface area contributed by atoms with Gasteiger partial charge in [-0.2, -0.15) is 5.26 Å². The number of rotatable bonds is 3. The SMILES string of the molecule is CC(C)(O)C(=O)N1CCc2cc(-c3cnc4[nH]cc(C#N)c4c3)cc([C@@H]3COCCN3)c2C1. The second-order valence-corrected chi connectivity index (χ2v) is 9.25. The minimum atomic E-state index is -1.40. The number of nitrogens with zero attached hydrogens (tertiary/aromatic N) is 3. The summed E-state index contributed by atoms with van der Waals surface area (Å²) in [5.41, 5.74) is 5.22. The van der Waals surface area contributed by atoms with Crippen LogP contribution < -0.4 is 5.32 Å². The number of carbonyl (C=O) groups is 1. The standard InChI is InChI=1S/C25H27N5O3/c1-25(2,32)24(31)30-5-3-15-7-16(8-20(21(15)13-30)22-14-33-6-4-27-22)17-9-19-18(10-26)12-29-23(19)28-11-17/h7-9,11-12,22,27,32H,3-6,13-14H2,1-2H3,(H,28,29)/t22-/m0/s1. The number of hydrogen-bond acceptors (Lipinski definition) is 6. The number of ether oxygens (including phenoxy) is 1. The minimum Gasteiger partial charge on any atom is -0.381 e. The molecule has 0 bridgehead atoms. The number of aliphatic hydroxyl groups is 1. The van der Waals surface area contributed by atoms with Crippen LogP contribution in [0.4, 0.5) is 0 Å². The largest absolute Gasteiger partial charge is 0.381 e. The van der Waals surface area contributed by atoms with Crippen molar-refractivity contribution in [2.24, 2.45) is 0 Å². The zero-order valence-corrected chi connectivity index (χ0v) is 18.8. The molecule has 1 amide bonds.